The molecule has 0 bridgehead atoms. The van der Waals surface area contributed by atoms with Crippen LogP contribution in [-0.4, -0.2) is 8.07 Å². The maximum atomic E-state index is 13.2. The van der Waals surface area contributed by atoms with Crippen LogP contribution in [0.4, 0.5) is 39.5 Å². The summed E-state index contributed by atoms with van der Waals surface area (Å²) in [5.41, 5.74) is -0.951. The van der Waals surface area contributed by atoms with E-state index in [1.807, 2.05) is 13.0 Å². The summed E-state index contributed by atoms with van der Waals surface area (Å²) in [4.78, 5) is 0. The van der Waals surface area contributed by atoms with Crippen molar-refractivity contribution < 1.29 is 39.5 Å². The van der Waals surface area contributed by atoms with Crippen LogP contribution in [-0.2, 0) is 18.5 Å². The predicted octanol–water partition coefficient (Wildman–Crippen LogP) is 7.50. The van der Waals surface area contributed by atoms with Gasteiger partial charge in [-0.3, -0.25) is 0 Å². The summed E-state index contributed by atoms with van der Waals surface area (Å²) in [7, 11) is -3.50. The van der Waals surface area contributed by atoms with Gasteiger partial charge in [0.2, 0.25) is 0 Å². The van der Waals surface area contributed by atoms with E-state index in [1.165, 1.54) is 36.4 Å². The van der Waals surface area contributed by atoms with Crippen molar-refractivity contribution in [3.05, 3.63) is 101 Å². The van der Waals surface area contributed by atoms with Gasteiger partial charge >= 0.3 is 18.5 Å². The first kappa shape index (κ1) is 28.6. The van der Waals surface area contributed by atoms with Gasteiger partial charge in [-0.05, 0) is 22.0 Å². The Morgan fingerprint density at radius 2 is 0.838 bits per heavy atom. The van der Waals surface area contributed by atoms with Crippen molar-refractivity contribution in [2.24, 2.45) is 0 Å². The number of benzene rings is 3. The summed E-state index contributed by atoms with van der Waals surface area (Å²) in [6.45, 7) is 1.96. The molecular formula is C27H23F9Si. The lowest BCUT2D eigenvalue weighted by molar-refractivity contribution is -0.138. The molecule has 0 unspecified atom stereocenters. The van der Waals surface area contributed by atoms with Gasteiger partial charge in [0.15, 0.2) is 8.07 Å². The second-order valence-corrected chi connectivity index (χ2v) is 12.3. The monoisotopic (exact) mass is 546 g/mol. The van der Waals surface area contributed by atoms with E-state index in [1.54, 1.807) is 5.70 Å². The van der Waals surface area contributed by atoms with E-state index in [4.69, 9.17) is 0 Å². The van der Waals surface area contributed by atoms with Crippen molar-refractivity contribution in [2.45, 2.75) is 44.7 Å². The number of hydrogen-bond acceptors (Lipinski definition) is 0. The number of allylic oxidation sites excluding steroid dienone is 1. The molecule has 3 aromatic carbocycles. The first-order valence-electron chi connectivity index (χ1n) is 11.4. The number of hydrogen-bond donors (Lipinski definition) is 0. The van der Waals surface area contributed by atoms with Gasteiger partial charge in [0.05, 0.1) is 16.7 Å². The summed E-state index contributed by atoms with van der Waals surface area (Å²) in [6, 6.07) is 12.8. The minimum atomic E-state index is -4.61. The number of alkyl halides is 9. The summed E-state index contributed by atoms with van der Waals surface area (Å²) in [5, 5.41) is 1.19. The number of unbranched alkanes of at least 4 members (excludes halogenated alkanes) is 2. The normalized spacial score (nSPS) is 13.4. The average molecular weight is 547 g/mol. The van der Waals surface area contributed by atoms with E-state index < -0.39 is 43.3 Å². The molecule has 0 aromatic heterocycles. The fourth-order valence-electron chi connectivity index (χ4n) is 4.14. The van der Waals surface area contributed by atoms with Crippen LogP contribution in [0.3, 0.4) is 0 Å². The van der Waals surface area contributed by atoms with Gasteiger partial charge in [-0.15, -0.1) is 0 Å². The quantitative estimate of drug-likeness (QED) is 0.125. The van der Waals surface area contributed by atoms with Crippen molar-refractivity contribution in [3.8, 4) is 0 Å². The van der Waals surface area contributed by atoms with Crippen LogP contribution in [0.25, 0.3) is 0 Å². The maximum absolute atomic E-state index is 13.2. The van der Waals surface area contributed by atoms with Gasteiger partial charge in [0.25, 0.3) is 0 Å². The lowest BCUT2D eigenvalue weighted by Gasteiger charge is -2.31. The summed E-state index contributed by atoms with van der Waals surface area (Å²) >= 11 is 0. The van der Waals surface area contributed by atoms with E-state index in [0.717, 1.165) is 49.2 Å². The predicted molar refractivity (Wildman–Crippen MR) is 128 cm³/mol. The van der Waals surface area contributed by atoms with Crippen LogP contribution in [0, 0.1) is 0 Å². The lowest BCUT2D eigenvalue weighted by atomic mass is 10.2. The SMILES string of the molecule is CCCC/C=C/[Si](c1ccc(C(F)(F)F)cc1)(c1ccc(C(F)(F)F)cc1)c1ccc(C(F)(F)F)cc1. The van der Waals surface area contributed by atoms with Gasteiger partial charge in [-0.2, -0.15) is 39.5 Å². The van der Waals surface area contributed by atoms with Crippen LogP contribution in [0.1, 0.15) is 42.9 Å². The molecule has 0 nitrogen and oxygen atoms in total. The van der Waals surface area contributed by atoms with Crippen molar-refractivity contribution >= 4 is 23.6 Å². The molecule has 0 N–H and O–H groups in total. The molecule has 10 heteroatoms. The van der Waals surface area contributed by atoms with Crippen LogP contribution >= 0.6 is 0 Å². The Labute approximate surface area is 209 Å². The fraction of sp³-hybridized carbons (Fsp3) is 0.259. The first-order valence-corrected chi connectivity index (χ1v) is 13.5. The Balaban J connectivity index is 2.30. The topological polar surface area (TPSA) is 0 Å². The molecule has 0 aliphatic rings. The molecule has 0 heterocycles. The molecule has 0 fully saturated rings. The van der Waals surface area contributed by atoms with Crippen molar-refractivity contribution in [1.82, 2.24) is 0 Å². The first-order chi connectivity index (χ1) is 17.2. The minimum Gasteiger partial charge on any atom is -0.166 e. The van der Waals surface area contributed by atoms with Gasteiger partial charge < -0.3 is 0 Å². The minimum absolute atomic E-state index is 0.396. The molecule has 37 heavy (non-hydrogen) atoms. The van der Waals surface area contributed by atoms with E-state index in [0.29, 0.717) is 22.0 Å². The Bertz CT molecular complexity index is 1050. The molecule has 3 rings (SSSR count). The van der Waals surface area contributed by atoms with E-state index in [-0.39, 0.29) is 0 Å². The van der Waals surface area contributed by atoms with Gasteiger partial charge in [-0.1, -0.05) is 104 Å². The molecule has 0 spiro atoms. The van der Waals surface area contributed by atoms with Crippen molar-refractivity contribution in [3.63, 3.8) is 0 Å². The molecule has 0 radical (unpaired) electrons. The molecule has 0 atom stereocenters. The Hall–Kier alpha value is -3.01. The standard InChI is InChI=1S/C27H23F9Si/c1-2-3-4-5-18-37(22-12-6-19(7-13-22)25(28,29)30,23-14-8-20(9-15-23)26(31,32)33)24-16-10-21(11-17-24)27(34,35)36/h5-18H,2-4H2,1H3/b18-5+. The largest absolute Gasteiger partial charge is 0.416 e. The molecular weight excluding hydrogens is 523 g/mol. The van der Waals surface area contributed by atoms with E-state index >= 15 is 0 Å². The maximum Gasteiger partial charge on any atom is 0.416 e. The van der Waals surface area contributed by atoms with E-state index in [2.05, 4.69) is 0 Å². The third-order valence-corrected chi connectivity index (χ3v) is 10.6. The summed E-state index contributed by atoms with van der Waals surface area (Å²) in [5.74, 6) is 0. The Kier molecular flexibility index (Phi) is 8.31. The molecule has 0 aliphatic heterocycles. The highest BCUT2D eigenvalue weighted by molar-refractivity contribution is 7.14. The Morgan fingerprint density at radius 1 is 0.541 bits per heavy atom. The van der Waals surface area contributed by atoms with Crippen LogP contribution < -0.4 is 15.6 Å². The molecule has 0 saturated carbocycles. The smallest absolute Gasteiger partial charge is 0.166 e. The molecule has 3 aromatic rings. The fourth-order valence-corrected chi connectivity index (χ4v) is 8.31. The number of rotatable bonds is 7. The molecule has 0 aliphatic carbocycles. The van der Waals surface area contributed by atoms with Crippen molar-refractivity contribution in [1.29, 1.82) is 0 Å². The lowest BCUT2D eigenvalue weighted by Crippen LogP contribution is -2.66. The highest BCUT2D eigenvalue weighted by Gasteiger charge is 2.40. The molecule has 198 valence electrons. The van der Waals surface area contributed by atoms with Gasteiger partial charge in [0.1, 0.15) is 0 Å². The second kappa shape index (κ2) is 10.8. The van der Waals surface area contributed by atoms with Gasteiger partial charge in [-0.25, -0.2) is 0 Å². The molecule has 0 saturated heterocycles. The second-order valence-electron chi connectivity index (χ2n) is 8.58. The average Bonchev–Trinajstić information content (AvgIpc) is 2.83. The van der Waals surface area contributed by atoms with Crippen molar-refractivity contribution in [2.75, 3.05) is 0 Å². The van der Waals surface area contributed by atoms with Crippen LogP contribution in [0.2, 0.25) is 0 Å². The number of halogens is 9. The zero-order valence-corrected chi connectivity index (χ0v) is 20.6. The summed E-state index contributed by atoms with van der Waals surface area (Å²) < 4.78 is 119. The van der Waals surface area contributed by atoms with Crippen LogP contribution in [0.5, 0.6) is 0 Å². The summed E-state index contributed by atoms with van der Waals surface area (Å²) in [6.07, 6.45) is -9.79. The van der Waals surface area contributed by atoms with Crippen LogP contribution in [0.15, 0.2) is 84.6 Å². The zero-order chi connectivity index (χ0) is 27.5. The Morgan fingerprint density at radius 3 is 1.08 bits per heavy atom. The van der Waals surface area contributed by atoms with Gasteiger partial charge in [0, 0.05) is 0 Å². The third-order valence-electron chi connectivity index (χ3n) is 6.09. The third kappa shape index (κ3) is 6.47. The highest BCUT2D eigenvalue weighted by atomic mass is 28.3. The highest BCUT2D eigenvalue weighted by Crippen LogP contribution is 2.31. The molecule has 0 amide bonds. The van der Waals surface area contributed by atoms with E-state index in [9.17, 15) is 39.5 Å². The zero-order valence-electron chi connectivity index (χ0n) is 19.6.